The van der Waals surface area contributed by atoms with Crippen LogP contribution in [0.5, 0.6) is 46.0 Å². The van der Waals surface area contributed by atoms with Crippen LogP contribution in [0.2, 0.25) is 0 Å². The molecule has 0 atom stereocenters. The van der Waals surface area contributed by atoms with Crippen LogP contribution in [0, 0.1) is 61.2 Å². The minimum absolute atomic E-state index is 0. The molecule has 4 aromatic carbocycles. The van der Waals surface area contributed by atoms with E-state index in [1.54, 1.807) is 0 Å². The van der Waals surface area contributed by atoms with Crippen LogP contribution in [0.3, 0.4) is 0 Å². The van der Waals surface area contributed by atoms with Crippen LogP contribution in [0.1, 0.15) is 238 Å². The predicted molar refractivity (Wildman–Crippen MR) is 491 cm³/mol. The number of nitrogens with zero attached hydrogens (tertiary/aromatic N) is 6. The molecule has 8 rings (SSSR count). The molecule has 0 bridgehead atoms. The number of carbonyl (C=O) groups is 2. The number of aromatic nitrogens is 4. The molecule has 18 nitrogen and oxygen atoms in total. The van der Waals surface area contributed by atoms with E-state index < -0.39 is 11.9 Å². The summed E-state index contributed by atoms with van der Waals surface area (Å²) >= 11 is 7.40. The predicted octanol–water partition coefficient (Wildman–Crippen LogP) is 25.7. The molecule has 4 heterocycles. The van der Waals surface area contributed by atoms with Crippen LogP contribution in [0.15, 0.2) is 122 Å². The van der Waals surface area contributed by atoms with Gasteiger partial charge in [0.15, 0.2) is 0 Å². The van der Waals surface area contributed by atoms with Crippen molar-refractivity contribution in [2.75, 3.05) is 52.9 Å². The number of aryl methyl sites for hydroxylation is 2. The Labute approximate surface area is 731 Å². The van der Waals surface area contributed by atoms with Gasteiger partial charge < -0.3 is 58.9 Å². The number of hydrogen-bond acceptors (Lipinski definition) is 16. The Morgan fingerprint density at radius 2 is 0.504 bits per heavy atom. The zero-order valence-electron chi connectivity index (χ0n) is 72.9. The van der Waals surface area contributed by atoms with Crippen molar-refractivity contribution in [3.8, 4) is 68.8 Å². The molecule has 0 fully saturated rings. The second kappa shape index (κ2) is 55.0. The van der Waals surface area contributed by atoms with Gasteiger partial charge in [0.2, 0.25) is 0 Å². The molecule has 0 spiro atoms. The molecule has 119 heavy (non-hydrogen) atoms. The molecule has 638 valence electrons. The molecule has 2 N–H and O–H groups in total. The van der Waals surface area contributed by atoms with E-state index >= 15 is 0 Å². The Hall–Kier alpha value is -10.00. The number of benzene rings is 4. The summed E-state index contributed by atoms with van der Waals surface area (Å²) in [5, 5.41) is 34.6. The summed E-state index contributed by atoms with van der Waals surface area (Å²) in [6.45, 7) is 44.7. The van der Waals surface area contributed by atoms with Gasteiger partial charge in [0.05, 0.1) is 86.8 Å². The number of carboxylic acid groups (broad SMARTS) is 2. The molecule has 8 aromatic rings. The maximum Gasteiger partial charge on any atom is 2.00 e. The fraction of sp³-hybridized carbons (Fsp3) is 0.429. The van der Waals surface area contributed by atoms with Gasteiger partial charge in [-0.25, -0.2) is 9.59 Å². The van der Waals surface area contributed by atoms with Gasteiger partial charge in [-0.1, -0.05) is 184 Å². The van der Waals surface area contributed by atoms with Gasteiger partial charge in [0, 0.05) is 58.2 Å². The Balaban J connectivity index is 0.00000102. The summed E-state index contributed by atoms with van der Waals surface area (Å²) < 4.78 is 52.5. The fourth-order valence-electron chi connectivity index (χ4n) is 11.1. The summed E-state index contributed by atoms with van der Waals surface area (Å²) in [6, 6.07) is 30.5. The largest absolute Gasteiger partial charge is 2.00 e. The number of thiocarbonyl (C=S) groups is 2. The van der Waals surface area contributed by atoms with Gasteiger partial charge in [-0.3, -0.25) is 19.9 Å². The van der Waals surface area contributed by atoms with Crippen molar-refractivity contribution in [2.24, 2.45) is 47.3 Å². The second-order valence-electron chi connectivity index (χ2n) is 32.3. The van der Waals surface area contributed by atoms with Crippen molar-refractivity contribution in [3.05, 3.63) is 199 Å². The first kappa shape index (κ1) is 101. The Bertz CT molecular complexity index is 4360. The van der Waals surface area contributed by atoms with Crippen molar-refractivity contribution < 1.29 is 77.2 Å². The SMILES string of the molecule is Cc1cc(OCCC(C)C)c(/C=C/c2cc(OCCC(C)C)c(/C=C/c3ccnc(-c4cc(/C=C/c5cc(OCCC(C)C)c(/C=C/c6cc(OCCC(C)C)c(C)cc6OCCC(C)C)cc5OCCC(C)C)ccn4)c3)cc2OCCC(C)C)cc1OCCC(C)C.O=C(O)c1ccnc(-c2cc(C(=O)O)ccn2)c1.[N-]=C=S.[N-]=C=S.[Ru+2]. The summed E-state index contributed by atoms with van der Waals surface area (Å²) in [7, 11) is 0. The van der Waals surface area contributed by atoms with E-state index in [0.717, 1.165) is 164 Å². The van der Waals surface area contributed by atoms with Crippen molar-refractivity contribution in [1.82, 2.24) is 19.9 Å². The molecule has 4 aromatic heterocycles. The standard InChI is InChI=1S/C84H116N2O8.C12H8N2O4.2CNS.Ru/c1-57(2)29-39-87-77-51-71(79(47-65(77)17)89-41-31-59(5)6)23-25-73-55-81(91-43-33-61(9)10)69(53-83(73)93-45-35-63(13)14)21-19-67-27-37-85-75(49-67)76-50-68(28-38-86-76)20-22-70-54-84(94-46-36-64(15)16)74(56-82(70)92-44-34-62(11)12)26-24-72-52-78(88-40-30-58(3)4)66(18)48-80(72)90-42-32-60(7)8;15-11(16)7-1-3-13-9(5-7)10-6-8(12(17)18)2-4-14-10;2*2-1-3;/h19-28,37-38,47-64H,29-36,39-46H2,1-18H3;1-6H,(H,15,16)(H,17,18);;;/q;;2*-1;+2/b21-19+,22-20+,25-23+,26-24+;;;;. The summed E-state index contributed by atoms with van der Waals surface area (Å²) in [4.78, 5) is 39.3. The summed E-state index contributed by atoms with van der Waals surface area (Å²) in [6.07, 6.45) is 30.9. The third-order valence-electron chi connectivity index (χ3n) is 18.4. The number of carboxylic acids is 2. The maximum atomic E-state index is 10.8. The molecule has 0 saturated heterocycles. The summed E-state index contributed by atoms with van der Waals surface area (Å²) in [5.41, 5.74) is 11.9. The third-order valence-corrected chi connectivity index (χ3v) is 18.4. The molecule has 21 heteroatoms. The van der Waals surface area contributed by atoms with Crippen LogP contribution in [0.4, 0.5) is 0 Å². The van der Waals surface area contributed by atoms with Crippen molar-refractivity contribution >= 4 is 95.3 Å². The van der Waals surface area contributed by atoms with Crippen LogP contribution < -0.4 is 37.9 Å². The average molecular weight is 1740 g/mol. The summed E-state index contributed by atoms with van der Waals surface area (Å²) in [5.74, 6) is 8.46. The van der Waals surface area contributed by atoms with E-state index in [1.807, 2.05) is 24.5 Å². The third kappa shape index (κ3) is 38.3. The molecule has 0 amide bonds. The van der Waals surface area contributed by atoms with E-state index in [-0.39, 0.29) is 30.6 Å². The van der Waals surface area contributed by atoms with Gasteiger partial charge in [0.25, 0.3) is 0 Å². The number of aromatic carboxylic acids is 2. The fourth-order valence-corrected chi connectivity index (χ4v) is 11.1. The van der Waals surface area contributed by atoms with E-state index in [1.165, 1.54) is 47.0 Å². The van der Waals surface area contributed by atoms with Gasteiger partial charge in [-0.2, -0.15) is 10.3 Å². The number of ether oxygens (including phenoxy) is 8. The van der Waals surface area contributed by atoms with Gasteiger partial charge in [-0.05, 0) is 232 Å². The molecule has 0 aliphatic rings. The first-order valence-corrected chi connectivity index (χ1v) is 42.0. The van der Waals surface area contributed by atoms with Crippen molar-refractivity contribution in [2.45, 2.75) is 176 Å². The number of isothiocyanates is 2. The number of rotatable bonds is 44. The van der Waals surface area contributed by atoms with E-state index in [2.05, 4.69) is 268 Å². The van der Waals surface area contributed by atoms with Gasteiger partial charge in [-0.15, -0.1) is 0 Å². The average Bonchev–Trinajstić information content (AvgIpc) is 0.811. The quantitative estimate of drug-likeness (QED) is 0.0156. The van der Waals surface area contributed by atoms with Gasteiger partial charge >= 0.3 is 31.4 Å². The minimum Gasteiger partial charge on any atom is -0.753 e. The second-order valence-corrected chi connectivity index (χ2v) is 32.7. The molecule has 0 aliphatic carbocycles. The van der Waals surface area contributed by atoms with Crippen LogP contribution >= 0.6 is 24.4 Å². The van der Waals surface area contributed by atoms with E-state index in [9.17, 15) is 9.59 Å². The topological polar surface area (TPSA) is 245 Å². The van der Waals surface area contributed by atoms with E-state index in [4.69, 9.17) is 68.9 Å². The Morgan fingerprint density at radius 1 is 0.319 bits per heavy atom. The minimum atomic E-state index is -1.08. The normalized spacial score (nSPS) is 11.2. The first-order chi connectivity index (χ1) is 56.4. The zero-order chi connectivity index (χ0) is 86.6. The molecule has 0 saturated carbocycles. The Kier molecular flexibility index (Phi) is 46.8. The number of pyridine rings is 4. The van der Waals surface area contributed by atoms with Crippen LogP contribution in [-0.2, 0) is 19.5 Å². The number of hydrogen-bond donors (Lipinski definition) is 2. The zero-order valence-corrected chi connectivity index (χ0v) is 76.3. The smallest absolute Gasteiger partial charge is 0.753 e. The van der Waals surface area contributed by atoms with Crippen molar-refractivity contribution in [1.29, 1.82) is 0 Å². The molecule has 0 radical (unpaired) electrons. The van der Waals surface area contributed by atoms with Crippen LogP contribution in [0.25, 0.3) is 82.2 Å². The van der Waals surface area contributed by atoms with E-state index in [0.29, 0.717) is 112 Å². The molecule has 0 aliphatic heterocycles. The molecular formula is C98H124N6O12RuS2. The Morgan fingerprint density at radius 3 is 0.723 bits per heavy atom. The molecular weight excluding hydrogens is 1620 g/mol. The maximum absolute atomic E-state index is 10.8. The van der Waals surface area contributed by atoms with Crippen molar-refractivity contribution in [3.63, 3.8) is 0 Å². The van der Waals surface area contributed by atoms with Gasteiger partial charge in [0.1, 0.15) is 46.0 Å². The van der Waals surface area contributed by atoms with Crippen LogP contribution in [-0.4, -0.2) is 105 Å². The monoisotopic (exact) mass is 1740 g/mol. The first-order valence-electron chi connectivity index (χ1n) is 41.1. The molecule has 0 unspecified atom stereocenters.